The van der Waals surface area contributed by atoms with E-state index >= 15 is 0 Å². The first-order chi connectivity index (χ1) is 14.8. The average molecular weight is 460 g/mol. The fourth-order valence-electron chi connectivity index (χ4n) is 2.84. The van der Waals surface area contributed by atoms with E-state index in [1.54, 1.807) is 38.5 Å². The predicted octanol–water partition coefficient (Wildman–Crippen LogP) is 4.30. The summed E-state index contributed by atoms with van der Waals surface area (Å²) >= 11 is 0. The van der Waals surface area contributed by atoms with Gasteiger partial charge in [-0.05, 0) is 32.4 Å². The van der Waals surface area contributed by atoms with Crippen LogP contribution in [-0.2, 0) is 15.3 Å². The largest absolute Gasteiger partial charge is 0.339 e. The van der Waals surface area contributed by atoms with Crippen LogP contribution < -0.4 is 15.9 Å². The van der Waals surface area contributed by atoms with Crippen molar-refractivity contribution in [1.82, 2.24) is 19.9 Å². The van der Waals surface area contributed by atoms with Crippen LogP contribution in [0.5, 0.6) is 0 Å². The third kappa shape index (κ3) is 5.70. The minimum absolute atomic E-state index is 0.151. The van der Waals surface area contributed by atoms with E-state index in [1.165, 1.54) is 25.4 Å². The Morgan fingerprint density at radius 1 is 1.06 bits per heavy atom. The van der Waals surface area contributed by atoms with Gasteiger partial charge in [-0.2, -0.15) is 8.78 Å². The van der Waals surface area contributed by atoms with E-state index < -0.39 is 18.9 Å². The number of aromatic nitrogens is 4. The number of hydrogen-bond donors (Lipinski definition) is 2. The Morgan fingerprint density at radius 3 is 2.34 bits per heavy atom. The monoisotopic (exact) mass is 460 g/mol. The highest BCUT2D eigenvalue weighted by atomic mass is 31.2. The Hall–Kier alpha value is -3.26. The standard InChI is InChI=1S/C21H23F2N6O2P/c1-12-8-19(29-20(26-12)21(3,22)23)28-17-9-18(27-13(2)30)25-11-15(17)16-7-6-14(10-24-16)32(4,5)31/h6-11H,1-5H3,(H2,25,26,27,28,29,30). The van der Waals surface area contributed by atoms with Crippen LogP contribution in [-0.4, -0.2) is 39.2 Å². The average Bonchev–Trinajstić information content (AvgIpc) is 2.66. The summed E-state index contributed by atoms with van der Waals surface area (Å²) in [6.07, 6.45) is 3.03. The Balaban J connectivity index is 2.08. The molecule has 32 heavy (non-hydrogen) atoms. The van der Waals surface area contributed by atoms with E-state index in [2.05, 4.69) is 30.6 Å². The van der Waals surface area contributed by atoms with E-state index in [4.69, 9.17) is 0 Å². The number of pyridine rings is 2. The fourth-order valence-corrected chi connectivity index (χ4v) is 3.61. The van der Waals surface area contributed by atoms with Gasteiger partial charge in [0.2, 0.25) is 11.7 Å². The van der Waals surface area contributed by atoms with Crippen LogP contribution in [0, 0.1) is 6.92 Å². The third-order valence-corrected chi connectivity index (χ3v) is 5.87. The molecular weight excluding hydrogens is 437 g/mol. The Morgan fingerprint density at radius 2 is 1.78 bits per heavy atom. The van der Waals surface area contributed by atoms with Crippen molar-refractivity contribution in [2.45, 2.75) is 26.7 Å². The SMILES string of the molecule is CC(=O)Nc1cc(Nc2cc(C)nc(C(C)(F)F)n2)c(-c2ccc(P(C)(C)=O)cn2)cn1. The molecule has 0 aliphatic heterocycles. The summed E-state index contributed by atoms with van der Waals surface area (Å²) in [6, 6.07) is 6.50. The quantitative estimate of drug-likeness (QED) is 0.528. The molecule has 0 atom stereocenters. The molecule has 3 aromatic rings. The van der Waals surface area contributed by atoms with Crippen molar-refractivity contribution in [2.75, 3.05) is 24.0 Å². The van der Waals surface area contributed by atoms with Crippen molar-refractivity contribution in [3.63, 3.8) is 0 Å². The third-order valence-electron chi connectivity index (χ3n) is 4.36. The lowest BCUT2D eigenvalue weighted by Gasteiger charge is -2.16. The summed E-state index contributed by atoms with van der Waals surface area (Å²) in [4.78, 5) is 27.8. The normalized spacial score (nSPS) is 11.8. The highest BCUT2D eigenvalue weighted by Gasteiger charge is 2.29. The van der Waals surface area contributed by atoms with E-state index in [-0.39, 0.29) is 17.5 Å². The Bertz CT molecular complexity index is 1210. The zero-order chi connectivity index (χ0) is 23.7. The highest BCUT2D eigenvalue weighted by Crippen LogP contribution is 2.36. The lowest BCUT2D eigenvalue weighted by Crippen LogP contribution is -2.14. The first kappa shape index (κ1) is 23.4. The summed E-state index contributed by atoms with van der Waals surface area (Å²) < 4.78 is 39.9. The summed E-state index contributed by atoms with van der Waals surface area (Å²) in [5.74, 6) is -3.72. The zero-order valence-electron chi connectivity index (χ0n) is 18.3. The lowest BCUT2D eigenvalue weighted by atomic mass is 10.1. The molecule has 2 N–H and O–H groups in total. The maximum Gasteiger partial charge on any atom is 0.303 e. The van der Waals surface area contributed by atoms with Crippen LogP contribution in [0.15, 0.2) is 36.7 Å². The van der Waals surface area contributed by atoms with Gasteiger partial charge in [0.15, 0.2) is 0 Å². The number of hydrogen-bond acceptors (Lipinski definition) is 7. The maximum atomic E-state index is 13.8. The van der Waals surface area contributed by atoms with Crippen molar-refractivity contribution >= 4 is 35.7 Å². The zero-order valence-corrected chi connectivity index (χ0v) is 19.2. The van der Waals surface area contributed by atoms with Gasteiger partial charge in [0.05, 0.1) is 11.4 Å². The van der Waals surface area contributed by atoms with Gasteiger partial charge in [0.25, 0.3) is 0 Å². The second-order valence-electron chi connectivity index (χ2n) is 7.78. The number of aryl methyl sites for hydroxylation is 1. The molecule has 0 radical (unpaired) electrons. The number of halogens is 2. The molecule has 0 unspecified atom stereocenters. The highest BCUT2D eigenvalue weighted by molar-refractivity contribution is 7.70. The summed E-state index contributed by atoms with van der Waals surface area (Å²) in [5, 5.41) is 6.22. The van der Waals surface area contributed by atoms with Crippen molar-refractivity contribution in [1.29, 1.82) is 0 Å². The first-order valence-corrected chi connectivity index (χ1v) is 12.2. The summed E-state index contributed by atoms with van der Waals surface area (Å²) in [5.41, 5.74) is 1.84. The number of nitrogens with zero attached hydrogens (tertiary/aromatic N) is 4. The van der Waals surface area contributed by atoms with Gasteiger partial charge in [-0.3, -0.25) is 9.78 Å². The Kier molecular flexibility index (Phi) is 6.37. The molecule has 3 heterocycles. The van der Waals surface area contributed by atoms with Gasteiger partial charge in [-0.1, -0.05) is 0 Å². The maximum absolute atomic E-state index is 13.8. The number of rotatable bonds is 6. The molecule has 0 aromatic carbocycles. The minimum Gasteiger partial charge on any atom is -0.339 e. The molecule has 1 amide bonds. The van der Waals surface area contributed by atoms with E-state index in [0.29, 0.717) is 27.9 Å². The molecule has 3 aromatic heterocycles. The van der Waals surface area contributed by atoms with Crippen LogP contribution in [0.4, 0.5) is 26.1 Å². The molecule has 0 saturated carbocycles. The van der Waals surface area contributed by atoms with Crippen molar-refractivity contribution in [3.8, 4) is 11.3 Å². The van der Waals surface area contributed by atoms with Crippen LogP contribution in [0.2, 0.25) is 0 Å². The molecule has 0 aliphatic carbocycles. The van der Waals surface area contributed by atoms with E-state index in [1.807, 2.05) is 0 Å². The molecule has 0 aliphatic rings. The van der Waals surface area contributed by atoms with Gasteiger partial charge in [-0.15, -0.1) is 0 Å². The molecule has 0 spiro atoms. The predicted molar refractivity (Wildman–Crippen MR) is 120 cm³/mol. The topological polar surface area (TPSA) is 110 Å². The minimum atomic E-state index is -3.21. The molecule has 168 valence electrons. The summed E-state index contributed by atoms with van der Waals surface area (Å²) in [6.45, 7) is 6.97. The molecule has 0 bridgehead atoms. The lowest BCUT2D eigenvalue weighted by molar-refractivity contribution is -0.114. The van der Waals surface area contributed by atoms with E-state index in [0.717, 1.165) is 6.92 Å². The number of carbonyl (C=O) groups excluding carboxylic acids is 1. The molecule has 11 heteroatoms. The van der Waals surface area contributed by atoms with Crippen LogP contribution in [0.25, 0.3) is 11.3 Å². The van der Waals surface area contributed by atoms with E-state index in [9.17, 15) is 18.1 Å². The van der Waals surface area contributed by atoms with Crippen molar-refractivity contribution in [3.05, 3.63) is 48.2 Å². The second kappa shape index (κ2) is 8.70. The second-order valence-corrected chi connectivity index (χ2v) is 11.0. The van der Waals surface area contributed by atoms with Gasteiger partial charge in [0, 0.05) is 54.9 Å². The molecule has 0 saturated heterocycles. The Labute approximate surface area is 184 Å². The number of alkyl halides is 2. The molecule has 0 fully saturated rings. The van der Waals surface area contributed by atoms with Crippen LogP contribution >= 0.6 is 7.14 Å². The van der Waals surface area contributed by atoms with Crippen LogP contribution in [0.1, 0.15) is 25.4 Å². The molecule has 3 rings (SSSR count). The smallest absolute Gasteiger partial charge is 0.303 e. The number of nitrogens with one attached hydrogen (secondary N) is 2. The number of amides is 1. The first-order valence-electron chi connectivity index (χ1n) is 9.63. The molecule has 8 nitrogen and oxygen atoms in total. The fraction of sp³-hybridized carbons (Fsp3) is 0.286. The molecular formula is C21H23F2N6O2P. The van der Waals surface area contributed by atoms with Gasteiger partial charge >= 0.3 is 5.92 Å². The van der Waals surface area contributed by atoms with Crippen molar-refractivity contribution in [2.24, 2.45) is 0 Å². The van der Waals surface area contributed by atoms with Crippen molar-refractivity contribution < 1.29 is 18.1 Å². The van der Waals surface area contributed by atoms with Gasteiger partial charge < -0.3 is 15.2 Å². The van der Waals surface area contributed by atoms with Gasteiger partial charge in [-0.25, -0.2) is 15.0 Å². The van der Waals surface area contributed by atoms with Gasteiger partial charge in [0.1, 0.15) is 18.8 Å². The summed E-state index contributed by atoms with van der Waals surface area (Å²) in [7, 11) is -2.48. The van der Waals surface area contributed by atoms with Crippen LogP contribution in [0.3, 0.4) is 0 Å². The number of carbonyl (C=O) groups is 1. The number of anilines is 3.